The van der Waals surface area contributed by atoms with Gasteiger partial charge in [0.2, 0.25) is 0 Å². The molecule has 1 saturated heterocycles. The number of hydrogen-bond acceptors (Lipinski definition) is 2. The van der Waals surface area contributed by atoms with Gasteiger partial charge in [0.15, 0.2) is 0 Å². The summed E-state index contributed by atoms with van der Waals surface area (Å²) in [7, 11) is 0. The summed E-state index contributed by atoms with van der Waals surface area (Å²) in [6.07, 6.45) is -0.865. The molecule has 0 bridgehead atoms. The van der Waals surface area contributed by atoms with E-state index < -0.39 is 6.09 Å². The van der Waals surface area contributed by atoms with Gasteiger partial charge < -0.3 is 4.74 Å². The molecule has 1 atom stereocenters. The van der Waals surface area contributed by atoms with Crippen molar-refractivity contribution in [2.45, 2.75) is 6.10 Å². The van der Waals surface area contributed by atoms with Gasteiger partial charge in [-0.05, 0) is 47.7 Å². The Morgan fingerprint density at radius 3 is 2.87 bits per heavy atom. The monoisotopic (exact) mass is 320 g/mol. The van der Waals surface area contributed by atoms with Crippen molar-refractivity contribution in [3.05, 3.63) is 34.5 Å². The Labute approximate surface area is 100 Å². The van der Waals surface area contributed by atoms with Crippen LogP contribution in [0.15, 0.2) is 18.2 Å². The molecule has 2 rings (SSSR count). The van der Waals surface area contributed by atoms with Crippen LogP contribution in [0.2, 0.25) is 0 Å². The van der Waals surface area contributed by atoms with Gasteiger partial charge >= 0.3 is 6.09 Å². The van der Waals surface area contributed by atoms with Crippen molar-refractivity contribution in [3.63, 3.8) is 0 Å². The maximum Gasteiger partial charge on any atom is 0.414 e. The fourth-order valence-corrected chi connectivity index (χ4v) is 1.72. The maximum absolute atomic E-state index is 13.3. The van der Waals surface area contributed by atoms with E-state index in [2.05, 4.69) is 6.92 Å². The Hall–Kier alpha value is -0.850. The lowest BCUT2D eigenvalue weighted by Crippen LogP contribution is -2.24. The first-order valence-electron chi connectivity index (χ1n) is 4.34. The average molecular weight is 320 g/mol. The van der Waals surface area contributed by atoms with Crippen LogP contribution < -0.4 is 4.90 Å². The molecular formula is C10H8FINO2. The molecule has 1 amide bonds. The Balaban J connectivity index is 2.30. The molecule has 0 N–H and O–H groups in total. The van der Waals surface area contributed by atoms with Crippen molar-refractivity contribution in [1.29, 1.82) is 0 Å². The molecule has 3 nitrogen and oxygen atoms in total. The summed E-state index contributed by atoms with van der Waals surface area (Å²) in [6, 6.07) is 4.63. The smallest absolute Gasteiger partial charge is 0.414 e. The molecule has 1 aliphatic rings. The summed E-state index contributed by atoms with van der Waals surface area (Å²) in [5.74, 6) is -0.339. The van der Waals surface area contributed by atoms with Crippen molar-refractivity contribution in [2.75, 3.05) is 11.4 Å². The molecule has 1 aromatic carbocycles. The number of amides is 1. The Kier molecular flexibility index (Phi) is 2.81. The van der Waals surface area contributed by atoms with Gasteiger partial charge in [-0.1, -0.05) is 0 Å². The van der Waals surface area contributed by atoms with Crippen molar-refractivity contribution in [1.82, 2.24) is 0 Å². The van der Waals surface area contributed by atoms with E-state index >= 15 is 0 Å². The molecule has 5 heteroatoms. The molecule has 1 fully saturated rings. The fourth-order valence-electron chi connectivity index (χ4n) is 1.39. The first-order valence-corrected chi connectivity index (χ1v) is 5.42. The quantitative estimate of drug-likeness (QED) is 0.745. The van der Waals surface area contributed by atoms with Crippen molar-refractivity contribution < 1.29 is 13.9 Å². The number of ether oxygens (including phenoxy) is 1. The maximum atomic E-state index is 13.3. The number of benzene rings is 1. The highest BCUT2D eigenvalue weighted by Gasteiger charge is 2.29. The predicted molar refractivity (Wildman–Crippen MR) is 62.1 cm³/mol. The Morgan fingerprint density at radius 1 is 1.60 bits per heavy atom. The minimum Gasteiger partial charge on any atom is -0.444 e. The number of carbonyl (C=O) groups is 1. The summed E-state index contributed by atoms with van der Waals surface area (Å²) in [6.45, 7) is 3.98. The molecular weight excluding hydrogens is 312 g/mol. The van der Waals surface area contributed by atoms with E-state index in [4.69, 9.17) is 4.74 Å². The summed E-state index contributed by atoms with van der Waals surface area (Å²) in [4.78, 5) is 12.7. The van der Waals surface area contributed by atoms with Gasteiger partial charge in [0.25, 0.3) is 0 Å². The van der Waals surface area contributed by atoms with Crippen molar-refractivity contribution in [2.24, 2.45) is 0 Å². The van der Waals surface area contributed by atoms with Crippen LogP contribution in [-0.2, 0) is 4.74 Å². The average Bonchev–Trinajstić information content (AvgIpc) is 2.50. The largest absolute Gasteiger partial charge is 0.444 e. The number of carbonyl (C=O) groups excluding carboxylic acids is 1. The molecule has 1 heterocycles. The lowest BCUT2D eigenvalue weighted by Gasteiger charge is -2.12. The zero-order chi connectivity index (χ0) is 11.0. The summed E-state index contributed by atoms with van der Waals surface area (Å²) in [5.41, 5.74) is 0.504. The number of halogens is 2. The van der Waals surface area contributed by atoms with Crippen LogP contribution in [0.25, 0.3) is 0 Å². The SMILES string of the molecule is [CH2][C@@H]1CN(c2ccc(I)c(F)c2)C(=O)O1. The van der Waals surface area contributed by atoms with Crippen LogP contribution in [0.3, 0.4) is 0 Å². The third kappa shape index (κ3) is 2.06. The Morgan fingerprint density at radius 2 is 2.33 bits per heavy atom. The second-order valence-electron chi connectivity index (χ2n) is 3.21. The van der Waals surface area contributed by atoms with E-state index in [1.807, 2.05) is 22.6 Å². The number of anilines is 1. The van der Waals surface area contributed by atoms with Gasteiger partial charge in [-0.2, -0.15) is 0 Å². The number of cyclic esters (lactones) is 1. The van der Waals surface area contributed by atoms with Gasteiger partial charge in [-0.3, -0.25) is 4.90 Å². The lowest BCUT2D eigenvalue weighted by molar-refractivity contribution is 0.159. The molecule has 79 valence electrons. The zero-order valence-electron chi connectivity index (χ0n) is 7.74. The highest BCUT2D eigenvalue weighted by atomic mass is 127. The van der Waals surface area contributed by atoms with Crippen molar-refractivity contribution >= 4 is 34.4 Å². The van der Waals surface area contributed by atoms with Gasteiger partial charge in [0.05, 0.1) is 12.2 Å². The second-order valence-corrected chi connectivity index (χ2v) is 4.38. The minimum absolute atomic E-state index is 0.339. The predicted octanol–water partition coefficient (Wildman–Crippen LogP) is 2.59. The topological polar surface area (TPSA) is 29.5 Å². The van der Waals surface area contributed by atoms with E-state index in [0.29, 0.717) is 15.8 Å². The highest BCUT2D eigenvalue weighted by molar-refractivity contribution is 14.1. The molecule has 0 aliphatic carbocycles. The van der Waals surface area contributed by atoms with Crippen LogP contribution in [0.4, 0.5) is 14.9 Å². The third-order valence-corrected chi connectivity index (χ3v) is 2.96. The first-order chi connectivity index (χ1) is 7.08. The van der Waals surface area contributed by atoms with Crippen LogP contribution in [0.1, 0.15) is 0 Å². The third-order valence-electron chi connectivity index (χ3n) is 2.09. The van der Waals surface area contributed by atoms with Crippen LogP contribution in [-0.4, -0.2) is 18.7 Å². The molecule has 1 aromatic rings. The van der Waals surface area contributed by atoms with E-state index in [9.17, 15) is 9.18 Å². The Bertz CT molecular complexity index is 410. The zero-order valence-corrected chi connectivity index (χ0v) is 9.90. The molecule has 0 aromatic heterocycles. The van der Waals surface area contributed by atoms with Gasteiger partial charge in [-0.25, -0.2) is 9.18 Å². The van der Waals surface area contributed by atoms with Crippen molar-refractivity contribution in [3.8, 4) is 0 Å². The molecule has 1 aliphatic heterocycles. The van der Waals surface area contributed by atoms with Crippen LogP contribution >= 0.6 is 22.6 Å². The van der Waals surface area contributed by atoms with E-state index in [0.717, 1.165) is 0 Å². The van der Waals surface area contributed by atoms with E-state index in [1.165, 1.54) is 11.0 Å². The minimum atomic E-state index is -0.476. The second kappa shape index (κ2) is 3.96. The molecule has 0 unspecified atom stereocenters. The van der Waals surface area contributed by atoms with Crippen LogP contribution in [0.5, 0.6) is 0 Å². The normalized spacial score (nSPS) is 20.6. The number of rotatable bonds is 1. The first kappa shape index (κ1) is 10.7. The van der Waals surface area contributed by atoms with Gasteiger partial charge in [0.1, 0.15) is 11.9 Å². The lowest BCUT2D eigenvalue weighted by atomic mass is 10.3. The summed E-state index contributed by atoms with van der Waals surface area (Å²) in [5, 5.41) is 0. The highest BCUT2D eigenvalue weighted by Crippen LogP contribution is 2.24. The van der Waals surface area contributed by atoms with E-state index in [1.54, 1.807) is 12.1 Å². The standard InChI is InChI=1S/C10H8FINO2/c1-6-5-13(10(14)15-6)7-2-3-9(12)8(11)4-7/h2-4,6H,1,5H2/t6-/m1/s1. The van der Waals surface area contributed by atoms with Gasteiger partial charge in [0, 0.05) is 3.57 Å². The van der Waals surface area contributed by atoms with E-state index in [-0.39, 0.29) is 11.9 Å². The number of hydrogen-bond donors (Lipinski definition) is 0. The molecule has 0 saturated carbocycles. The number of nitrogens with zero attached hydrogens (tertiary/aromatic N) is 1. The summed E-state index contributed by atoms with van der Waals surface area (Å²) < 4.78 is 18.6. The summed E-state index contributed by atoms with van der Waals surface area (Å²) >= 11 is 1.89. The fraction of sp³-hybridized carbons (Fsp3) is 0.200. The molecule has 15 heavy (non-hydrogen) atoms. The molecule has 1 radical (unpaired) electrons. The molecule has 0 spiro atoms. The van der Waals surface area contributed by atoms with Crippen LogP contribution in [0, 0.1) is 16.3 Å². The van der Waals surface area contributed by atoms with Gasteiger partial charge in [-0.15, -0.1) is 0 Å².